The van der Waals surface area contributed by atoms with Crippen LogP contribution in [-0.4, -0.2) is 42.7 Å². The third kappa shape index (κ3) is 13.9. The molecule has 12 nitrogen and oxygen atoms in total. The van der Waals surface area contributed by atoms with E-state index in [9.17, 15) is 0 Å². The topological polar surface area (TPSA) is 172 Å². The van der Waals surface area contributed by atoms with Gasteiger partial charge in [0.1, 0.15) is 11.4 Å². The van der Waals surface area contributed by atoms with Crippen LogP contribution >= 0.6 is 0 Å². The highest BCUT2D eigenvalue weighted by atomic mass is 16.4. The number of hydrogen-bond donors (Lipinski definition) is 0. The van der Waals surface area contributed by atoms with Crippen LogP contribution in [0.25, 0.3) is 45.4 Å². The molecule has 4 heterocycles. The molecule has 0 fully saturated rings. The summed E-state index contributed by atoms with van der Waals surface area (Å²) in [6.45, 7) is 10.3. The van der Waals surface area contributed by atoms with Crippen LogP contribution in [-0.2, 0) is 44.9 Å². The van der Waals surface area contributed by atoms with E-state index in [1.165, 1.54) is 33.4 Å². The first-order valence-corrected chi connectivity index (χ1v) is 18.9. The monoisotopic (exact) mass is 808 g/mol. The molecule has 4 aromatic heterocycles. The molecule has 0 amide bonds. The fraction of sp³-hybridized carbons (Fsp3) is 0.102. The van der Waals surface area contributed by atoms with Crippen LogP contribution < -0.4 is 0 Å². The van der Waals surface area contributed by atoms with Gasteiger partial charge in [-0.1, -0.05) is 146 Å². The van der Waals surface area contributed by atoms with E-state index in [2.05, 4.69) is 141 Å². The first kappa shape index (κ1) is 43.8. The number of carbonyl (C=O) groups excluding carboxylic acids is 4. The molecule has 0 spiro atoms. The van der Waals surface area contributed by atoms with Crippen molar-refractivity contribution in [2.24, 2.45) is 0 Å². The van der Waals surface area contributed by atoms with Crippen LogP contribution in [0, 0.1) is 6.92 Å². The van der Waals surface area contributed by atoms with Crippen LogP contribution in [0.3, 0.4) is 0 Å². The number of aryl methyl sites for hydroxylation is 1. The molecule has 0 N–H and O–H groups in total. The lowest BCUT2D eigenvalue weighted by Gasteiger charge is -2.06. The highest BCUT2D eigenvalue weighted by Crippen LogP contribution is 2.24. The Morgan fingerprint density at radius 1 is 0.475 bits per heavy atom. The molecule has 12 heteroatoms. The third-order valence-corrected chi connectivity index (χ3v) is 8.76. The maximum Gasteiger partial charge on any atom is 0.373 e. The number of aromatic nitrogens is 6. The molecule has 0 aliphatic carbocycles. The molecule has 0 saturated heterocycles. The van der Waals surface area contributed by atoms with Crippen LogP contribution in [0.15, 0.2) is 185 Å². The van der Waals surface area contributed by atoms with Gasteiger partial charge in [-0.3, -0.25) is 4.98 Å². The largest absolute Gasteiger partial charge is 0.419 e. The van der Waals surface area contributed by atoms with Crippen molar-refractivity contribution in [3.05, 3.63) is 205 Å². The minimum Gasteiger partial charge on any atom is -0.419 e. The zero-order chi connectivity index (χ0) is 43.2. The van der Waals surface area contributed by atoms with Gasteiger partial charge in [-0.05, 0) is 77.4 Å². The van der Waals surface area contributed by atoms with Gasteiger partial charge in [0.25, 0.3) is 11.8 Å². The molecule has 0 atom stereocenters. The van der Waals surface area contributed by atoms with Gasteiger partial charge in [0.05, 0.1) is 0 Å². The van der Waals surface area contributed by atoms with Crippen molar-refractivity contribution in [1.29, 1.82) is 0 Å². The summed E-state index contributed by atoms with van der Waals surface area (Å²) < 4.78 is 11.5. The molecule has 61 heavy (non-hydrogen) atoms. The van der Waals surface area contributed by atoms with Crippen molar-refractivity contribution in [3.63, 3.8) is 0 Å². The Bertz CT molecular complexity index is 2650. The minimum atomic E-state index is 0.250. The van der Waals surface area contributed by atoms with E-state index in [-0.39, 0.29) is 12.3 Å². The molecule has 0 aliphatic rings. The normalized spacial score (nSPS) is 9.92. The Morgan fingerprint density at radius 3 is 1.31 bits per heavy atom. The van der Waals surface area contributed by atoms with Crippen LogP contribution in [0.2, 0.25) is 0 Å². The molecule has 8 rings (SSSR count). The smallest absolute Gasteiger partial charge is 0.373 e. The van der Waals surface area contributed by atoms with Gasteiger partial charge in [-0.25, -0.2) is 4.98 Å². The summed E-state index contributed by atoms with van der Waals surface area (Å²) in [6, 6.07) is 49.2. The highest BCUT2D eigenvalue weighted by Gasteiger charge is 2.13. The quantitative estimate of drug-likeness (QED) is 0.107. The summed E-state index contributed by atoms with van der Waals surface area (Å²) in [5.74, 6) is 2.00. The molecule has 8 aromatic rings. The number of pyridine rings is 2. The number of rotatable bonds is 12. The van der Waals surface area contributed by atoms with Gasteiger partial charge in [0.15, 0.2) is 0 Å². The zero-order valence-corrected chi connectivity index (χ0v) is 33.3. The van der Waals surface area contributed by atoms with E-state index < -0.39 is 0 Å². The van der Waals surface area contributed by atoms with E-state index >= 15 is 0 Å². The lowest BCUT2D eigenvalue weighted by molar-refractivity contribution is -0.193. The van der Waals surface area contributed by atoms with Crippen LogP contribution in [0.5, 0.6) is 0 Å². The maximum absolute atomic E-state index is 8.12. The molecule has 0 aliphatic heterocycles. The average Bonchev–Trinajstić information content (AvgIpc) is 3.96. The van der Waals surface area contributed by atoms with Gasteiger partial charge >= 0.3 is 12.3 Å². The molecule has 302 valence electrons. The van der Waals surface area contributed by atoms with Crippen molar-refractivity contribution < 1.29 is 28.0 Å². The summed E-state index contributed by atoms with van der Waals surface area (Å²) in [5.41, 5.74) is 11.6. The molecular formula is C49H40N6O6. The minimum absolute atomic E-state index is 0.250. The number of benzene rings is 4. The molecule has 0 bridgehead atoms. The Hall–Kier alpha value is -8.30. The van der Waals surface area contributed by atoms with E-state index in [1.54, 1.807) is 6.20 Å². The standard InChI is InChI=1S/C24H21N3O.C23H19N3O.2CO2/c1-17(15-19-11-13-21(14-12-19)20-8-4-3-5-9-20)16-23-26-27-24(28-23)22-10-6-7-18(2)25-22;1-17(16-22-25-26-23(27-22)21-9-5-6-14-24-21)15-18-10-12-20(13-11-18)19-7-3-2-4-8-19;2*2-1-3/h3-14H,1,15-16H2,2H3;2-14H,1,15-16H2;;. The maximum atomic E-state index is 8.12. The average molecular weight is 809 g/mol. The van der Waals surface area contributed by atoms with Crippen molar-refractivity contribution in [1.82, 2.24) is 30.4 Å². The third-order valence-electron chi connectivity index (χ3n) is 8.76. The Kier molecular flexibility index (Phi) is 16.7. The summed E-state index contributed by atoms with van der Waals surface area (Å²) >= 11 is 0. The lowest BCUT2D eigenvalue weighted by Crippen LogP contribution is -1.94. The Labute approximate surface area is 352 Å². The van der Waals surface area contributed by atoms with Gasteiger partial charge in [0.2, 0.25) is 11.8 Å². The first-order valence-electron chi connectivity index (χ1n) is 18.9. The lowest BCUT2D eigenvalue weighted by atomic mass is 10.00. The molecule has 0 unspecified atom stereocenters. The van der Waals surface area contributed by atoms with E-state index in [0.717, 1.165) is 29.7 Å². The first-order chi connectivity index (χ1) is 29.8. The van der Waals surface area contributed by atoms with E-state index in [0.29, 0.717) is 47.8 Å². The highest BCUT2D eigenvalue weighted by molar-refractivity contribution is 5.64. The molecule has 0 radical (unpaired) electrons. The van der Waals surface area contributed by atoms with Gasteiger partial charge in [-0.15, -0.1) is 20.4 Å². The predicted molar refractivity (Wildman–Crippen MR) is 227 cm³/mol. The SMILES string of the molecule is C=C(Cc1ccc(-c2ccccc2)cc1)Cc1nnc(-c2cccc(C)n2)o1.C=C(Cc1ccc(-c2ccccc2)cc1)Cc1nnc(-c2ccccn2)o1.O=C=O.O=C=O. The van der Waals surface area contributed by atoms with E-state index in [1.807, 2.05) is 55.5 Å². The molecular weight excluding hydrogens is 769 g/mol. The van der Waals surface area contributed by atoms with Crippen molar-refractivity contribution in [2.75, 3.05) is 0 Å². The van der Waals surface area contributed by atoms with E-state index in [4.69, 9.17) is 28.0 Å². The number of hydrogen-bond acceptors (Lipinski definition) is 12. The second-order valence-electron chi connectivity index (χ2n) is 13.4. The van der Waals surface area contributed by atoms with Crippen molar-refractivity contribution in [3.8, 4) is 45.4 Å². The molecule has 0 saturated carbocycles. The Morgan fingerprint density at radius 2 is 0.885 bits per heavy atom. The van der Waals surface area contributed by atoms with Crippen molar-refractivity contribution in [2.45, 2.75) is 32.6 Å². The summed E-state index contributed by atoms with van der Waals surface area (Å²) in [5, 5.41) is 16.4. The Balaban J connectivity index is 0.000000205. The summed E-state index contributed by atoms with van der Waals surface area (Å²) in [6.07, 6.45) is 4.86. The second kappa shape index (κ2) is 23.2. The van der Waals surface area contributed by atoms with Crippen LogP contribution in [0.1, 0.15) is 28.6 Å². The van der Waals surface area contributed by atoms with Gasteiger partial charge in [-0.2, -0.15) is 19.2 Å². The van der Waals surface area contributed by atoms with Gasteiger partial charge < -0.3 is 8.83 Å². The fourth-order valence-corrected chi connectivity index (χ4v) is 6.03. The number of nitrogens with zero attached hydrogens (tertiary/aromatic N) is 6. The predicted octanol–water partition coefficient (Wildman–Crippen LogP) is 9.42. The second-order valence-corrected chi connectivity index (χ2v) is 13.4. The fourth-order valence-electron chi connectivity index (χ4n) is 6.03. The van der Waals surface area contributed by atoms with Crippen LogP contribution in [0.4, 0.5) is 0 Å². The van der Waals surface area contributed by atoms with Crippen molar-refractivity contribution >= 4 is 12.3 Å². The number of allylic oxidation sites excluding steroid dienone is 2. The summed E-state index contributed by atoms with van der Waals surface area (Å²) in [7, 11) is 0. The zero-order valence-electron chi connectivity index (χ0n) is 33.3. The molecule has 4 aromatic carbocycles. The summed E-state index contributed by atoms with van der Waals surface area (Å²) in [4.78, 5) is 41.1. The van der Waals surface area contributed by atoms with Gasteiger partial charge in [0, 0.05) is 24.7 Å².